The minimum atomic E-state index is 0.554. The van der Waals surface area contributed by atoms with Crippen LogP contribution < -0.4 is 9.80 Å². The van der Waals surface area contributed by atoms with Gasteiger partial charge in [0, 0.05) is 38.6 Å². The predicted octanol–water partition coefficient (Wildman–Crippen LogP) is 4.66. The topological polar surface area (TPSA) is 30.3 Å². The van der Waals surface area contributed by atoms with Crippen molar-refractivity contribution in [3.05, 3.63) is 59.7 Å². The highest BCUT2D eigenvalue weighted by atomic mass is 15.1. The standard InChI is InChI=1S/C21H25N3/c1-4-24(17-5-16-22)21-14-10-19(11-15-21)7-6-18-8-12-20(13-9-18)23(2)3/h6-15H,4-5,17H2,1-3H3/b7-6+. The van der Waals surface area contributed by atoms with Gasteiger partial charge >= 0.3 is 0 Å². The number of benzene rings is 2. The molecule has 2 rings (SSSR count). The molecule has 24 heavy (non-hydrogen) atoms. The molecule has 0 spiro atoms. The van der Waals surface area contributed by atoms with Crippen LogP contribution in [-0.4, -0.2) is 27.2 Å². The first kappa shape index (κ1) is 17.6. The van der Waals surface area contributed by atoms with Gasteiger partial charge in [-0.05, 0) is 42.3 Å². The zero-order valence-corrected chi connectivity index (χ0v) is 14.7. The largest absolute Gasteiger partial charge is 0.378 e. The summed E-state index contributed by atoms with van der Waals surface area (Å²) in [6, 6.07) is 19.2. The Kier molecular flexibility index (Phi) is 6.45. The van der Waals surface area contributed by atoms with Crippen LogP contribution in [0.3, 0.4) is 0 Å². The highest BCUT2D eigenvalue weighted by Crippen LogP contribution is 2.18. The molecule has 0 aromatic heterocycles. The molecule has 2 aromatic rings. The number of hydrogen-bond acceptors (Lipinski definition) is 3. The molecular weight excluding hydrogens is 294 g/mol. The van der Waals surface area contributed by atoms with Crippen molar-refractivity contribution in [3.8, 4) is 6.07 Å². The molecule has 2 aromatic carbocycles. The molecule has 0 radical (unpaired) electrons. The van der Waals surface area contributed by atoms with Crippen molar-refractivity contribution >= 4 is 23.5 Å². The maximum atomic E-state index is 8.74. The molecule has 0 saturated heterocycles. The maximum Gasteiger partial charge on any atom is 0.0640 e. The molecule has 3 nitrogen and oxygen atoms in total. The van der Waals surface area contributed by atoms with E-state index < -0.39 is 0 Å². The lowest BCUT2D eigenvalue weighted by atomic mass is 10.1. The Hall–Kier alpha value is -2.73. The van der Waals surface area contributed by atoms with Crippen molar-refractivity contribution in [2.45, 2.75) is 13.3 Å². The Morgan fingerprint density at radius 1 is 0.875 bits per heavy atom. The predicted molar refractivity (Wildman–Crippen MR) is 104 cm³/mol. The van der Waals surface area contributed by atoms with Gasteiger partial charge < -0.3 is 9.80 Å². The minimum absolute atomic E-state index is 0.554. The summed E-state index contributed by atoms with van der Waals surface area (Å²) in [7, 11) is 4.09. The van der Waals surface area contributed by atoms with E-state index in [9.17, 15) is 0 Å². The summed E-state index contributed by atoms with van der Waals surface area (Å²) in [6.07, 6.45) is 4.81. The van der Waals surface area contributed by atoms with Crippen molar-refractivity contribution in [2.75, 3.05) is 37.0 Å². The van der Waals surface area contributed by atoms with Crippen LogP contribution in [-0.2, 0) is 0 Å². The number of nitriles is 1. The second-order valence-corrected chi connectivity index (χ2v) is 5.90. The third-order valence-corrected chi connectivity index (χ3v) is 4.01. The van der Waals surface area contributed by atoms with Crippen molar-refractivity contribution in [3.63, 3.8) is 0 Å². The third kappa shape index (κ3) is 4.89. The van der Waals surface area contributed by atoms with Crippen LogP contribution in [0.4, 0.5) is 11.4 Å². The van der Waals surface area contributed by atoms with Gasteiger partial charge in [0.25, 0.3) is 0 Å². The summed E-state index contributed by atoms with van der Waals surface area (Å²) in [5.41, 5.74) is 4.73. The van der Waals surface area contributed by atoms with E-state index >= 15 is 0 Å². The molecule has 124 valence electrons. The van der Waals surface area contributed by atoms with Crippen LogP contribution in [0.1, 0.15) is 24.5 Å². The molecule has 0 amide bonds. The van der Waals surface area contributed by atoms with E-state index in [-0.39, 0.29) is 0 Å². The lowest BCUT2D eigenvalue weighted by molar-refractivity contribution is 0.827. The molecule has 0 aliphatic heterocycles. The highest BCUT2D eigenvalue weighted by molar-refractivity contribution is 5.71. The normalized spacial score (nSPS) is 10.6. The molecule has 0 aliphatic carbocycles. The summed E-state index contributed by atoms with van der Waals surface area (Å²) >= 11 is 0. The van der Waals surface area contributed by atoms with E-state index in [1.54, 1.807) is 0 Å². The van der Waals surface area contributed by atoms with Crippen LogP contribution in [0.25, 0.3) is 12.2 Å². The van der Waals surface area contributed by atoms with Crippen LogP contribution in [0, 0.1) is 11.3 Å². The first-order valence-electron chi connectivity index (χ1n) is 8.31. The number of anilines is 2. The van der Waals surface area contributed by atoms with Crippen molar-refractivity contribution in [1.82, 2.24) is 0 Å². The van der Waals surface area contributed by atoms with Crippen molar-refractivity contribution < 1.29 is 0 Å². The van der Waals surface area contributed by atoms with Gasteiger partial charge in [-0.2, -0.15) is 5.26 Å². The van der Waals surface area contributed by atoms with Gasteiger partial charge in [-0.25, -0.2) is 0 Å². The second kappa shape index (κ2) is 8.79. The zero-order valence-electron chi connectivity index (χ0n) is 14.7. The van der Waals surface area contributed by atoms with E-state index in [1.807, 2.05) is 14.1 Å². The molecular formula is C21H25N3. The molecule has 0 bridgehead atoms. The first-order valence-corrected chi connectivity index (χ1v) is 8.31. The van der Waals surface area contributed by atoms with Gasteiger partial charge in [0.15, 0.2) is 0 Å². The van der Waals surface area contributed by atoms with Gasteiger partial charge in [-0.15, -0.1) is 0 Å². The quantitative estimate of drug-likeness (QED) is 0.695. The number of hydrogen-bond donors (Lipinski definition) is 0. The average Bonchev–Trinajstić information content (AvgIpc) is 2.62. The average molecular weight is 319 g/mol. The van der Waals surface area contributed by atoms with Gasteiger partial charge in [0.05, 0.1) is 12.5 Å². The Morgan fingerprint density at radius 2 is 1.38 bits per heavy atom. The fraction of sp³-hybridized carbons (Fsp3) is 0.286. The van der Waals surface area contributed by atoms with Crippen molar-refractivity contribution in [1.29, 1.82) is 5.26 Å². The molecule has 0 aliphatic rings. The summed E-state index contributed by atoms with van der Waals surface area (Å²) < 4.78 is 0. The Bertz CT molecular complexity index is 691. The number of rotatable bonds is 7. The van der Waals surface area contributed by atoms with Crippen LogP contribution in [0.2, 0.25) is 0 Å². The van der Waals surface area contributed by atoms with Gasteiger partial charge in [-0.3, -0.25) is 0 Å². The van der Waals surface area contributed by atoms with E-state index in [4.69, 9.17) is 5.26 Å². The van der Waals surface area contributed by atoms with Gasteiger partial charge in [-0.1, -0.05) is 36.4 Å². The lowest BCUT2D eigenvalue weighted by Gasteiger charge is -2.21. The number of nitrogens with zero attached hydrogens (tertiary/aromatic N) is 3. The summed E-state index contributed by atoms with van der Waals surface area (Å²) in [5, 5.41) is 8.74. The van der Waals surface area contributed by atoms with Crippen molar-refractivity contribution in [2.24, 2.45) is 0 Å². The third-order valence-electron chi connectivity index (χ3n) is 4.01. The van der Waals surface area contributed by atoms with Crippen LogP contribution in [0.15, 0.2) is 48.5 Å². The molecule has 0 heterocycles. The molecule has 0 fully saturated rings. The Balaban J connectivity index is 2.04. The molecule has 0 unspecified atom stereocenters. The van der Waals surface area contributed by atoms with E-state index in [0.29, 0.717) is 6.42 Å². The maximum absolute atomic E-state index is 8.74. The monoisotopic (exact) mass is 319 g/mol. The first-order chi connectivity index (χ1) is 11.6. The fourth-order valence-electron chi connectivity index (χ4n) is 2.53. The molecule has 0 atom stereocenters. The van der Waals surface area contributed by atoms with E-state index in [1.165, 1.54) is 22.5 Å². The highest BCUT2D eigenvalue weighted by Gasteiger charge is 2.03. The lowest BCUT2D eigenvalue weighted by Crippen LogP contribution is -2.23. The molecule has 0 saturated carbocycles. The summed E-state index contributed by atoms with van der Waals surface area (Å²) in [5.74, 6) is 0. The molecule has 3 heteroatoms. The SMILES string of the molecule is CCN(CCC#N)c1ccc(/C=C/c2ccc(N(C)C)cc2)cc1. The van der Waals surface area contributed by atoms with E-state index in [0.717, 1.165) is 13.1 Å². The molecule has 0 N–H and O–H groups in total. The van der Waals surface area contributed by atoms with Crippen LogP contribution >= 0.6 is 0 Å². The van der Waals surface area contributed by atoms with Gasteiger partial charge in [0.2, 0.25) is 0 Å². The fourth-order valence-corrected chi connectivity index (χ4v) is 2.53. The second-order valence-electron chi connectivity index (χ2n) is 5.90. The zero-order chi connectivity index (χ0) is 17.4. The minimum Gasteiger partial charge on any atom is -0.378 e. The Labute approximate surface area is 145 Å². The van der Waals surface area contributed by atoms with Gasteiger partial charge in [0.1, 0.15) is 0 Å². The smallest absolute Gasteiger partial charge is 0.0640 e. The Morgan fingerprint density at radius 3 is 1.79 bits per heavy atom. The summed E-state index contributed by atoms with van der Waals surface area (Å²) in [6.45, 7) is 3.80. The summed E-state index contributed by atoms with van der Waals surface area (Å²) in [4.78, 5) is 4.31. The van der Waals surface area contributed by atoms with Crippen LogP contribution in [0.5, 0.6) is 0 Å². The van der Waals surface area contributed by atoms with E-state index in [2.05, 4.69) is 83.5 Å².